The van der Waals surface area contributed by atoms with Crippen LogP contribution < -0.4 is 10.1 Å². The number of rotatable bonds is 8. The SMILES string of the molecule is CC[C@@H](C)c1ccccc1OCCC[NH2+]C1CCCC1. The summed E-state index contributed by atoms with van der Waals surface area (Å²) in [5, 5.41) is 2.52. The molecule has 0 aliphatic heterocycles. The molecule has 1 aliphatic rings. The lowest BCUT2D eigenvalue weighted by molar-refractivity contribution is -0.688. The van der Waals surface area contributed by atoms with Gasteiger partial charge in [0.2, 0.25) is 0 Å². The Morgan fingerprint density at radius 3 is 2.75 bits per heavy atom. The van der Waals surface area contributed by atoms with Crippen LogP contribution >= 0.6 is 0 Å². The molecule has 1 atom stereocenters. The fourth-order valence-electron chi connectivity index (χ4n) is 3.05. The van der Waals surface area contributed by atoms with Gasteiger partial charge < -0.3 is 10.1 Å². The van der Waals surface area contributed by atoms with Gasteiger partial charge in [-0.3, -0.25) is 0 Å². The molecule has 1 fully saturated rings. The molecule has 0 aromatic heterocycles. The smallest absolute Gasteiger partial charge is 0.122 e. The zero-order valence-corrected chi connectivity index (χ0v) is 13.1. The Bertz CT molecular complexity index is 385. The van der Waals surface area contributed by atoms with Crippen LogP contribution in [0.4, 0.5) is 0 Å². The minimum atomic E-state index is 0.580. The Kier molecular flexibility index (Phi) is 6.38. The fraction of sp³-hybridized carbons (Fsp3) is 0.667. The van der Waals surface area contributed by atoms with E-state index in [0.29, 0.717) is 5.92 Å². The molecule has 0 unspecified atom stereocenters. The van der Waals surface area contributed by atoms with Crippen LogP contribution in [0.15, 0.2) is 24.3 Å². The molecule has 1 saturated carbocycles. The predicted octanol–water partition coefficient (Wildman–Crippen LogP) is 3.48. The van der Waals surface area contributed by atoms with Crippen molar-refractivity contribution in [3.8, 4) is 5.75 Å². The van der Waals surface area contributed by atoms with Gasteiger partial charge in [-0.05, 0) is 49.7 Å². The monoisotopic (exact) mass is 276 g/mol. The number of benzene rings is 1. The van der Waals surface area contributed by atoms with Gasteiger partial charge in [0.05, 0.1) is 19.2 Å². The molecule has 0 bridgehead atoms. The third-order valence-corrected chi connectivity index (χ3v) is 4.57. The Morgan fingerprint density at radius 2 is 2.00 bits per heavy atom. The lowest BCUT2D eigenvalue weighted by atomic mass is 9.98. The van der Waals surface area contributed by atoms with Crippen molar-refractivity contribution in [1.29, 1.82) is 0 Å². The number of nitrogens with two attached hydrogens (primary N) is 1. The van der Waals surface area contributed by atoms with Crippen LogP contribution in [0.25, 0.3) is 0 Å². The lowest BCUT2D eigenvalue weighted by Gasteiger charge is -2.15. The van der Waals surface area contributed by atoms with E-state index in [-0.39, 0.29) is 0 Å². The van der Waals surface area contributed by atoms with E-state index in [4.69, 9.17) is 4.74 Å². The minimum Gasteiger partial charge on any atom is -0.493 e. The standard InChI is InChI=1S/C18H29NO/c1-3-15(2)17-11-6-7-12-18(17)20-14-8-13-19-16-9-4-5-10-16/h6-7,11-12,15-16,19H,3-5,8-10,13-14H2,1-2H3/p+1/t15-/m1/s1. The molecule has 1 aromatic carbocycles. The van der Waals surface area contributed by atoms with Crippen molar-refractivity contribution in [2.75, 3.05) is 13.2 Å². The fourth-order valence-corrected chi connectivity index (χ4v) is 3.05. The van der Waals surface area contributed by atoms with Crippen molar-refractivity contribution < 1.29 is 10.1 Å². The van der Waals surface area contributed by atoms with Crippen LogP contribution in [0, 0.1) is 0 Å². The van der Waals surface area contributed by atoms with Crippen LogP contribution in [0.3, 0.4) is 0 Å². The highest BCUT2D eigenvalue weighted by Crippen LogP contribution is 2.28. The number of quaternary nitrogens is 1. The highest BCUT2D eigenvalue weighted by molar-refractivity contribution is 5.35. The van der Waals surface area contributed by atoms with Crippen LogP contribution in [-0.4, -0.2) is 19.2 Å². The second-order valence-electron chi connectivity index (χ2n) is 6.12. The van der Waals surface area contributed by atoms with E-state index >= 15 is 0 Å². The summed E-state index contributed by atoms with van der Waals surface area (Å²) in [5.74, 6) is 1.67. The van der Waals surface area contributed by atoms with Gasteiger partial charge in [0.1, 0.15) is 5.75 Å². The van der Waals surface area contributed by atoms with E-state index in [0.717, 1.165) is 31.2 Å². The summed E-state index contributed by atoms with van der Waals surface area (Å²) in [6.07, 6.45) is 8.00. The van der Waals surface area contributed by atoms with E-state index in [9.17, 15) is 0 Å². The van der Waals surface area contributed by atoms with Crippen molar-refractivity contribution in [3.05, 3.63) is 29.8 Å². The molecule has 1 aliphatic carbocycles. The first-order valence-electron chi connectivity index (χ1n) is 8.36. The molecular formula is C18H30NO+. The van der Waals surface area contributed by atoms with Crippen LogP contribution in [0.5, 0.6) is 5.75 Å². The van der Waals surface area contributed by atoms with Gasteiger partial charge in [0.15, 0.2) is 0 Å². The Morgan fingerprint density at radius 1 is 1.25 bits per heavy atom. The summed E-state index contributed by atoms with van der Waals surface area (Å²) >= 11 is 0. The molecule has 2 N–H and O–H groups in total. The van der Waals surface area contributed by atoms with Gasteiger partial charge in [-0.2, -0.15) is 0 Å². The van der Waals surface area contributed by atoms with Gasteiger partial charge >= 0.3 is 0 Å². The zero-order valence-electron chi connectivity index (χ0n) is 13.1. The van der Waals surface area contributed by atoms with Crippen LogP contribution in [0.2, 0.25) is 0 Å². The summed E-state index contributed by atoms with van der Waals surface area (Å²) in [5.41, 5.74) is 1.36. The Balaban J connectivity index is 1.70. The van der Waals surface area contributed by atoms with Gasteiger partial charge in [-0.15, -0.1) is 0 Å². The van der Waals surface area contributed by atoms with Gasteiger partial charge in [0, 0.05) is 6.42 Å². The number of ether oxygens (including phenoxy) is 1. The molecule has 0 heterocycles. The Hall–Kier alpha value is -1.02. The third-order valence-electron chi connectivity index (χ3n) is 4.57. The maximum absolute atomic E-state index is 6.00. The van der Waals surface area contributed by atoms with E-state index < -0.39 is 0 Å². The van der Waals surface area contributed by atoms with Crippen molar-refractivity contribution >= 4 is 0 Å². The molecule has 0 saturated heterocycles. The van der Waals surface area contributed by atoms with Gasteiger partial charge in [-0.25, -0.2) is 0 Å². The summed E-state index contributed by atoms with van der Waals surface area (Å²) in [6.45, 7) is 6.56. The van der Waals surface area contributed by atoms with Crippen molar-refractivity contribution in [1.82, 2.24) is 0 Å². The number of para-hydroxylation sites is 1. The van der Waals surface area contributed by atoms with E-state index in [1.807, 2.05) is 0 Å². The number of hydrogen-bond donors (Lipinski definition) is 1. The second kappa shape index (κ2) is 8.31. The van der Waals surface area contributed by atoms with E-state index in [2.05, 4.69) is 43.4 Å². The number of hydrogen-bond acceptors (Lipinski definition) is 1. The first-order chi connectivity index (χ1) is 9.81. The molecule has 112 valence electrons. The highest BCUT2D eigenvalue weighted by Gasteiger charge is 2.16. The quantitative estimate of drug-likeness (QED) is 0.723. The van der Waals surface area contributed by atoms with Crippen LogP contribution in [0.1, 0.15) is 63.9 Å². The molecule has 20 heavy (non-hydrogen) atoms. The normalized spacial score (nSPS) is 17.3. The maximum Gasteiger partial charge on any atom is 0.122 e. The predicted molar refractivity (Wildman–Crippen MR) is 84.3 cm³/mol. The summed E-state index contributed by atoms with van der Waals surface area (Å²) in [6, 6.07) is 9.40. The van der Waals surface area contributed by atoms with E-state index in [1.54, 1.807) is 0 Å². The molecule has 2 heteroatoms. The van der Waals surface area contributed by atoms with Crippen molar-refractivity contribution in [2.24, 2.45) is 0 Å². The topological polar surface area (TPSA) is 25.8 Å². The first kappa shape index (κ1) is 15.4. The van der Waals surface area contributed by atoms with Crippen molar-refractivity contribution in [2.45, 2.75) is 64.3 Å². The summed E-state index contributed by atoms with van der Waals surface area (Å²) in [4.78, 5) is 0. The molecule has 0 radical (unpaired) electrons. The molecule has 2 nitrogen and oxygen atoms in total. The Labute approximate surface area is 123 Å². The summed E-state index contributed by atoms with van der Waals surface area (Å²) in [7, 11) is 0. The van der Waals surface area contributed by atoms with Gasteiger partial charge in [0.25, 0.3) is 0 Å². The average molecular weight is 276 g/mol. The van der Waals surface area contributed by atoms with E-state index in [1.165, 1.54) is 37.8 Å². The highest BCUT2D eigenvalue weighted by atomic mass is 16.5. The minimum absolute atomic E-state index is 0.580. The molecule has 0 amide bonds. The van der Waals surface area contributed by atoms with Crippen LogP contribution in [-0.2, 0) is 0 Å². The molecule has 0 spiro atoms. The zero-order chi connectivity index (χ0) is 14.2. The first-order valence-corrected chi connectivity index (χ1v) is 8.36. The lowest BCUT2D eigenvalue weighted by Crippen LogP contribution is -2.89. The summed E-state index contributed by atoms with van der Waals surface area (Å²) < 4.78 is 6.00. The molecular weight excluding hydrogens is 246 g/mol. The second-order valence-corrected chi connectivity index (χ2v) is 6.12. The van der Waals surface area contributed by atoms with Crippen molar-refractivity contribution in [3.63, 3.8) is 0 Å². The molecule has 1 aromatic rings. The largest absolute Gasteiger partial charge is 0.493 e. The molecule has 2 rings (SSSR count). The third kappa shape index (κ3) is 4.52. The maximum atomic E-state index is 6.00. The van der Waals surface area contributed by atoms with Gasteiger partial charge in [-0.1, -0.05) is 32.0 Å². The average Bonchev–Trinajstić information content (AvgIpc) is 3.00.